The Morgan fingerprint density at radius 3 is 2.15 bits per heavy atom. The van der Waals surface area contributed by atoms with Gasteiger partial charge in [0.05, 0.1) is 17.1 Å². The summed E-state index contributed by atoms with van der Waals surface area (Å²) in [5.74, 6) is -0.208. The van der Waals surface area contributed by atoms with E-state index in [2.05, 4.69) is 11.1 Å². The Morgan fingerprint density at radius 1 is 0.848 bits per heavy atom. The van der Waals surface area contributed by atoms with Gasteiger partial charge < -0.3 is 9.84 Å². The predicted octanol–water partition coefficient (Wildman–Crippen LogP) is 7.51. The number of fused-ring (bicyclic) bond motifs is 1. The van der Waals surface area contributed by atoms with Crippen LogP contribution in [0.3, 0.4) is 0 Å². The van der Waals surface area contributed by atoms with E-state index in [4.69, 9.17) is 4.74 Å². The number of carboxylic acid groups (broad SMARTS) is 1. The van der Waals surface area contributed by atoms with E-state index in [1.54, 1.807) is 0 Å². The Labute approximate surface area is 197 Å². The fourth-order valence-corrected chi connectivity index (χ4v) is 5.09. The van der Waals surface area contributed by atoms with Crippen molar-refractivity contribution < 1.29 is 14.6 Å². The van der Waals surface area contributed by atoms with Crippen LogP contribution < -0.4 is 4.74 Å². The molecule has 2 aromatic carbocycles. The maximum Gasteiger partial charge on any atom is 0.311 e. The molecule has 174 valence electrons. The molecule has 33 heavy (non-hydrogen) atoms. The van der Waals surface area contributed by atoms with Crippen molar-refractivity contribution in [3.8, 4) is 5.75 Å². The van der Waals surface area contributed by atoms with Crippen LogP contribution in [0.25, 0.3) is 10.9 Å². The van der Waals surface area contributed by atoms with Crippen LogP contribution in [-0.4, -0.2) is 16.1 Å². The van der Waals surface area contributed by atoms with Gasteiger partial charge in [0.2, 0.25) is 0 Å². The van der Waals surface area contributed by atoms with Crippen molar-refractivity contribution in [3.05, 3.63) is 71.9 Å². The number of aliphatic carboxylic acids is 1. The molecule has 0 spiro atoms. The number of hydrogen-bond donors (Lipinski definition) is 1. The average molecular weight is 446 g/mol. The summed E-state index contributed by atoms with van der Waals surface area (Å²) < 4.78 is 5.95. The Bertz CT molecular complexity index is 1020. The highest BCUT2D eigenvalue weighted by molar-refractivity contribution is 5.78. The zero-order valence-corrected chi connectivity index (χ0v) is 19.4. The maximum atomic E-state index is 12.3. The second kappa shape index (κ2) is 11.8. The summed E-state index contributed by atoms with van der Waals surface area (Å²) in [7, 11) is 0. The SMILES string of the molecule is O=C(O)C(c1ccc(OCc2ccc3ccccc3n2)cc1)C1CCCCCCCCCC1. The lowest BCUT2D eigenvalue weighted by Crippen LogP contribution is -2.22. The molecule has 0 saturated heterocycles. The van der Waals surface area contributed by atoms with Gasteiger partial charge in [0, 0.05) is 5.39 Å². The molecule has 1 N–H and O–H groups in total. The Kier molecular flexibility index (Phi) is 8.35. The number of benzene rings is 2. The first-order valence-electron chi connectivity index (χ1n) is 12.5. The fourth-order valence-electron chi connectivity index (χ4n) is 5.09. The Balaban J connectivity index is 1.41. The molecule has 1 aliphatic rings. The molecular formula is C29H35NO3. The summed E-state index contributed by atoms with van der Waals surface area (Å²) in [5.41, 5.74) is 2.72. The zero-order valence-electron chi connectivity index (χ0n) is 19.4. The van der Waals surface area contributed by atoms with Gasteiger partial charge in [-0.05, 0) is 48.6 Å². The van der Waals surface area contributed by atoms with Crippen molar-refractivity contribution in [2.24, 2.45) is 5.92 Å². The molecule has 1 saturated carbocycles. The van der Waals surface area contributed by atoms with Gasteiger partial charge >= 0.3 is 5.97 Å². The monoisotopic (exact) mass is 445 g/mol. The average Bonchev–Trinajstić information content (AvgIpc) is 2.90. The number of pyridine rings is 1. The highest BCUT2D eigenvalue weighted by Crippen LogP contribution is 2.35. The molecule has 1 heterocycles. The van der Waals surface area contributed by atoms with E-state index in [1.165, 1.54) is 38.5 Å². The van der Waals surface area contributed by atoms with Crippen LogP contribution >= 0.6 is 0 Å². The standard InChI is InChI=1S/C29H35NO3/c31-29(32)28(23-12-7-5-3-1-2-4-6-8-13-23)24-16-19-26(20-17-24)33-21-25-18-15-22-11-9-10-14-27(22)30-25/h9-11,14-20,23,28H,1-8,12-13,21H2,(H,31,32). The van der Waals surface area contributed by atoms with Gasteiger partial charge in [-0.3, -0.25) is 4.79 Å². The molecule has 1 unspecified atom stereocenters. The second-order valence-electron chi connectivity index (χ2n) is 9.33. The van der Waals surface area contributed by atoms with Crippen LogP contribution in [0.1, 0.15) is 81.4 Å². The number of ether oxygens (including phenoxy) is 1. The lowest BCUT2D eigenvalue weighted by Gasteiger charge is -2.25. The predicted molar refractivity (Wildman–Crippen MR) is 133 cm³/mol. The minimum absolute atomic E-state index is 0.203. The van der Waals surface area contributed by atoms with E-state index >= 15 is 0 Å². The first kappa shape index (κ1) is 23.3. The molecular weight excluding hydrogens is 410 g/mol. The number of nitrogens with zero attached hydrogens (tertiary/aromatic N) is 1. The number of para-hydroxylation sites is 1. The molecule has 1 fully saturated rings. The summed E-state index contributed by atoms with van der Waals surface area (Å²) in [6.07, 6.45) is 11.9. The van der Waals surface area contributed by atoms with Crippen molar-refractivity contribution >= 4 is 16.9 Å². The smallest absolute Gasteiger partial charge is 0.311 e. The maximum absolute atomic E-state index is 12.3. The summed E-state index contributed by atoms with van der Waals surface area (Å²) in [5, 5.41) is 11.2. The second-order valence-corrected chi connectivity index (χ2v) is 9.33. The zero-order chi connectivity index (χ0) is 22.9. The van der Waals surface area contributed by atoms with E-state index in [-0.39, 0.29) is 5.92 Å². The molecule has 4 rings (SSSR count). The molecule has 0 radical (unpaired) electrons. The van der Waals surface area contributed by atoms with Crippen LogP contribution in [0.15, 0.2) is 60.7 Å². The van der Waals surface area contributed by atoms with Crippen molar-refractivity contribution in [3.63, 3.8) is 0 Å². The molecule has 1 aliphatic carbocycles. The van der Waals surface area contributed by atoms with Crippen molar-refractivity contribution in [1.82, 2.24) is 4.98 Å². The van der Waals surface area contributed by atoms with Crippen LogP contribution in [0.4, 0.5) is 0 Å². The highest BCUT2D eigenvalue weighted by atomic mass is 16.5. The third kappa shape index (κ3) is 6.56. The normalized spacial score (nSPS) is 17.2. The van der Waals surface area contributed by atoms with Crippen molar-refractivity contribution in [2.75, 3.05) is 0 Å². The summed E-state index contributed by atoms with van der Waals surface area (Å²) in [6.45, 7) is 0.384. The van der Waals surface area contributed by atoms with E-state index in [0.717, 1.165) is 53.6 Å². The Morgan fingerprint density at radius 2 is 1.48 bits per heavy atom. The summed E-state index contributed by atoms with van der Waals surface area (Å²) in [6, 6.07) is 19.8. The number of rotatable bonds is 6. The van der Waals surface area contributed by atoms with Crippen LogP contribution in [-0.2, 0) is 11.4 Å². The van der Waals surface area contributed by atoms with Gasteiger partial charge in [-0.15, -0.1) is 0 Å². The third-order valence-corrected chi connectivity index (χ3v) is 6.92. The van der Waals surface area contributed by atoms with Crippen LogP contribution in [0.2, 0.25) is 0 Å². The minimum Gasteiger partial charge on any atom is -0.487 e. The lowest BCUT2D eigenvalue weighted by atomic mass is 9.80. The fraction of sp³-hybridized carbons (Fsp3) is 0.448. The van der Waals surface area contributed by atoms with Crippen LogP contribution in [0.5, 0.6) is 5.75 Å². The van der Waals surface area contributed by atoms with Gasteiger partial charge in [-0.25, -0.2) is 4.98 Å². The summed E-state index contributed by atoms with van der Waals surface area (Å²) >= 11 is 0. The van der Waals surface area contributed by atoms with Crippen molar-refractivity contribution in [1.29, 1.82) is 0 Å². The lowest BCUT2D eigenvalue weighted by molar-refractivity contribution is -0.140. The molecule has 4 heteroatoms. The molecule has 0 aliphatic heterocycles. The van der Waals surface area contributed by atoms with Crippen molar-refractivity contribution in [2.45, 2.75) is 76.7 Å². The first-order valence-corrected chi connectivity index (χ1v) is 12.5. The number of carbonyl (C=O) groups is 1. The minimum atomic E-state index is -0.705. The quantitative estimate of drug-likeness (QED) is 0.426. The molecule has 3 aromatic rings. The van der Waals surface area contributed by atoms with E-state index in [0.29, 0.717) is 6.61 Å². The summed E-state index contributed by atoms with van der Waals surface area (Å²) in [4.78, 5) is 16.9. The van der Waals surface area contributed by atoms with E-state index in [1.807, 2.05) is 54.6 Å². The number of carboxylic acids is 1. The number of aromatic nitrogens is 1. The Hall–Kier alpha value is -2.88. The van der Waals surface area contributed by atoms with E-state index < -0.39 is 11.9 Å². The molecule has 1 atom stereocenters. The molecule has 1 aromatic heterocycles. The third-order valence-electron chi connectivity index (χ3n) is 6.92. The van der Waals surface area contributed by atoms with Gasteiger partial charge in [-0.2, -0.15) is 0 Å². The van der Waals surface area contributed by atoms with Gasteiger partial charge in [-0.1, -0.05) is 87.8 Å². The first-order chi connectivity index (χ1) is 16.2. The highest BCUT2D eigenvalue weighted by Gasteiger charge is 2.29. The number of hydrogen-bond acceptors (Lipinski definition) is 3. The largest absolute Gasteiger partial charge is 0.487 e. The molecule has 4 nitrogen and oxygen atoms in total. The topological polar surface area (TPSA) is 59.4 Å². The molecule has 0 amide bonds. The van der Waals surface area contributed by atoms with E-state index in [9.17, 15) is 9.90 Å². The van der Waals surface area contributed by atoms with Gasteiger partial charge in [0.1, 0.15) is 12.4 Å². The molecule has 0 bridgehead atoms. The van der Waals surface area contributed by atoms with Crippen LogP contribution in [0, 0.1) is 5.92 Å². The van der Waals surface area contributed by atoms with Gasteiger partial charge in [0.15, 0.2) is 0 Å². The van der Waals surface area contributed by atoms with Gasteiger partial charge in [0.25, 0.3) is 0 Å².